The molecule has 0 saturated heterocycles. The number of anilines is 2. The predicted molar refractivity (Wildman–Crippen MR) is 78.4 cm³/mol. The molecular formula is C15H19N3O. The summed E-state index contributed by atoms with van der Waals surface area (Å²) in [7, 11) is 1.85. The third-order valence-corrected chi connectivity index (χ3v) is 2.95. The van der Waals surface area contributed by atoms with Crippen molar-refractivity contribution in [2.24, 2.45) is 0 Å². The number of hydrogen-bond donors (Lipinski definition) is 2. The second-order valence-corrected chi connectivity index (χ2v) is 4.28. The van der Waals surface area contributed by atoms with Crippen molar-refractivity contribution in [2.75, 3.05) is 30.4 Å². The molecule has 1 aromatic heterocycles. The summed E-state index contributed by atoms with van der Waals surface area (Å²) in [6, 6.07) is 14.2. The Labute approximate surface area is 113 Å². The Bertz CT molecular complexity index is 502. The highest BCUT2D eigenvalue weighted by Gasteiger charge is 2.07. The van der Waals surface area contributed by atoms with Gasteiger partial charge in [0.15, 0.2) is 0 Å². The molecule has 0 bridgehead atoms. The Kier molecular flexibility index (Phi) is 4.75. The van der Waals surface area contributed by atoms with E-state index in [0.717, 1.165) is 18.1 Å². The average molecular weight is 257 g/mol. The van der Waals surface area contributed by atoms with Gasteiger partial charge in [-0.1, -0.05) is 30.3 Å². The van der Waals surface area contributed by atoms with E-state index in [4.69, 9.17) is 0 Å². The molecule has 0 saturated carbocycles. The highest BCUT2D eigenvalue weighted by atomic mass is 16.3. The molecule has 0 unspecified atom stereocenters. The zero-order chi connectivity index (χ0) is 13.5. The molecule has 19 heavy (non-hydrogen) atoms. The molecule has 0 atom stereocenters. The number of aliphatic hydroxyl groups excluding tert-OH is 1. The molecule has 0 spiro atoms. The molecule has 2 rings (SSSR count). The number of benzene rings is 1. The number of aromatic nitrogens is 1. The fourth-order valence-corrected chi connectivity index (χ4v) is 1.98. The van der Waals surface area contributed by atoms with Crippen LogP contribution in [0.2, 0.25) is 0 Å². The van der Waals surface area contributed by atoms with Crippen LogP contribution in [0.25, 0.3) is 0 Å². The largest absolute Gasteiger partial charge is 0.395 e. The minimum absolute atomic E-state index is 0.129. The molecule has 0 amide bonds. The van der Waals surface area contributed by atoms with E-state index in [-0.39, 0.29) is 6.61 Å². The first-order valence-corrected chi connectivity index (χ1v) is 6.37. The van der Waals surface area contributed by atoms with Crippen LogP contribution in [-0.2, 0) is 6.54 Å². The second kappa shape index (κ2) is 6.75. The predicted octanol–water partition coefficient (Wildman–Crippen LogP) is 2.12. The van der Waals surface area contributed by atoms with E-state index in [1.54, 1.807) is 6.20 Å². The van der Waals surface area contributed by atoms with Crippen molar-refractivity contribution in [1.29, 1.82) is 0 Å². The van der Waals surface area contributed by atoms with Gasteiger partial charge >= 0.3 is 0 Å². The van der Waals surface area contributed by atoms with Crippen LogP contribution in [0, 0.1) is 0 Å². The summed E-state index contributed by atoms with van der Waals surface area (Å²) in [5.74, 6) is 0.827. The maximum absolute atomic E-state index is 9.23. The van der Waals surface area contributed by atoms with Gasteiger partial charge in [-0.3, -0.25) is 0 Å². The molecule has 1 heterocycles. The SMILES string of the molecule is CNc1cc(N(CCO)Cc2ccccc2)ccn1. The van der Waals surface area contributed by atoms with Gasteiger partial charge in [0.05, 0.1) is 6.61 Å². The highest BCUT2D eigenvalue weighted by Crippen LogP contribution is 2.19. The smallest absolute Gasteiger partial charge is 0.127 e. The lowest BCUT2D eigenvalue weighted by atomic mass is 10.2. The first-order valence-electron chi connectivity index (χ1n) is 6.37. The monoisotopic (exact) mass is 257 g/mol. The standard InChI is InChI=1S/C15H19N3O/c1-16-15-11-14(7-8-17-15)18(9-10-19)12-13-5-3-2-4-6-13/h2-8,11,19H,9-10,12H2,1H3,(H,16,17). The van der Waals surface area contributed by atoms with Crippen LogP contribution >= 0.6 is 0 Å². The third-order valence-electron chi connectivity index (χ3n) is 2.95. The summed E-state index contributed by atoms with van der Waals surface area (Å²) in [5, 5.41) is 12.3. The maximum Gasteiger partial charge on any atom is 0.127 e. The zero-order valence-corrected chi connectivity index (χ0v) is 11.1. The van der Waals surface area contributed by atoms with E-state index in [1.807, 2.05) is 37.4 Å². The van der Waals surface area contributed by atoms with E-state index in [2.05, 4.69) is 27.3 Å². The molecule has 2 N–H and O–H groups in total. The lowest BCUT2D eigenvalue weighted by molar-refractivity contribution is 0.301. The second-order valence-electron chi connectivity index (χ2n) is 4.28. The van der Waals surface area contributed by atoms with E-state index < -0.39 is 0 Å². The van der Waals surface area contributed by atoms with Crippen LogP contribution in [0.3, 0.4) is 0 Å². The molecule has 0 fully saturated rings. The molecule has 0 aliphatic heterocycles. The quantitative estimate of drug-likeness (QED) is 0.832. The van der Waals surface area contributed by atoms with Gasteiger partial charge in [0, 0.05) is 38.1 Å². The molecule has 0 aliphatic carbocycles. The summed E-state index contributed by atoms with van der Waals surface area (Å²) in [6.07, 6.45) is 1.77. The van der Waals surface area contributed by atoms with Crippen LogP contribution < -0.4 is 10.2 Å². The van der Waals surface area contributed by atoms with Gasteiger partial charge in [-0.15, -0.1) is 0 Å². The first-order chi connectivity index (χ1) is 9.33. The van der Waals surface area contributed by atoms with Gasteiger partial charge in [-0.2, -0.15) is 0 Å². The number of pyridine rings is 1. The Morgan fingerprint density at radius 3 is 2.68 bits per heavy atom. The van der Waals surface area contributed by atoms with Gasteiger partial charge in [0.2, 0.25) is 0 Å². The molecule has 4 heteroatoms. The van der Waals surface area contributed by atoms with Crippen molar-refractivity contribution in [1.82, 2.24) is 4.98 Å². The molecule has 0 aliphatic rings. The number of nitrogens with zero attached hydrogens (tertiary/aromatic N) is 2. The van der Waals surface area contributed by atoms with Gasteiger partial charge in [0.1, 0.15) is 5.82 Å². The van der Waals surface area contributed by atoms with Gasteiger partial charge in [-0.05, 0) is 11.6 Å². The minimum atomic E-state index is 0.129. The fourth-order valence-electron chi connectivity index (χ4n) is 1.98. The molecule has 4 nitrogen and oxygen atoms in total. The summed E-state index contributed by atoms with van der Waals surface area (Å²) in [4.78, 5) is 6.34. The summed E-state index contributed by atoms with van der Waals surface area (Å²) >= 11 is 0. The number of nitrogens with one attached hydrogen (secondary N) is 1. The van der Waals surface area contributed by atoms with Crippen molar-refractivity contribution in [3.8, 4) is 0 Å². The highest BCUT2D eigenvalue weighted by molar-refractivity contribution is 5.54. The molecule has 2 aromatic rings. The lowest BCUT2D eigenvalue weighted by Gasteiger charge is -2.24. The van der Waals surface area contributed by atoms with Crippen molar-refractivity contribution < 1.29 is 5.11 Å². The Hall–Kier alpha value is -2.07. The van der Waals surface area contributed by atoms with Gasteiger partial charge in [0.25, 0.3) is 0 Å². The van der Waals surface area contributed by atoms with Crippen LogP contribution in [0.1, 0.15) is 5.56 Å². The average Bonchev–Trinajstić information content (AvgIpc) is 2.48. The molecule has 1 aromatic carbocycles. The normalized spacial score (nSPS) is 10.2. The van der Waals surface area contributed by atoms with Crippen molar-refractivity contribution in [3.63, 3.8) is 0 Å². The fraction of sp³-hybridized carbons (Fsp3) is 0.267. The Morgan fingerprint density at radius 2 is 2.00 bits per heavy atom. The number of aliphatic hydroxyl groups is 1. The van der Waals surface area contributed by atoms with Gasteiger partial charge in [-0.25, -0.2) is 4.98 Å². The molecule has 100 valence electrons. The van der Waals surface area contributed by atoms with Crippen LogP contribution in [-0.4, -0.2) is 30.3 Å². The first kappa shape index (κ1) is 13.4. The number of rotatable bonds is 6. The minimum Gasteiger partial charge on any atom is -0.395 e. The van der Waals surface area contributed by atoms with Crippen LogP contribution in [0.5, 0.6) is 0 Å². The number of hydrogen-bond acceptors (Lipinski definition) is 4. The summed E-state index contributed by atoms with van der Waals surface area (Å²) < 4.78 is 0. The van der Waals surface area contributed by atoms with E-state index in [9.17, 15) is 5.11 Å². The Balaban J connectivity index is 2.19. The van der Waals surface area contributed by atoms with Crippen LogP contribution in [0.4, 0.5) is 11.5 Å². The third kappa shape index (κ3) is 3.69. The topological polar surface area (TPSA) is 48.4 Å². The summed E-state index contributed by atoms with van der Waals surface area (Å²) in [6.45, 7) is 1.50. The summed E-state index contributed by atoms with van der Waals surface area (Å²) in [5.41, 5.74) is 2.27. The van der Waals surface area contributed by atoms with Crippen molar-refractivity contribution >= 4 is 11.5 Å². The van der Waals surface area contributed by atoms with E-state index in [0.29, 0.717) is 6.54 Å². The maximum atomic E-state index is 9.23. The van der Waals surface area contributed by atoms with Crippen molar-refractivity contribution in [2.45, 2.75) is 6.54 Å². The Morgan fingerprint density at radius 1 is 1.21 bits per heavy atom. The zero-order valence-electron chi connectivity index (χ0n) is 11.1. The molecule has 0 radical (unpaired) electrons. The van der Waals surface area contributed by atoms with Crippen LogP contribution in [0.15, 0.2) is 48.7 Å². The van der Waals surface area contributed by atoms with E-state index >= 15 is 0 Å². The van der Waals surface area contributed by atoms with Gasteiger partial charge < -0.3 is 15.3 Å². The molecular weight excluding hydrogens is 238 g/mol. The van der Waals surface area contributed by atoms with E-state index in [1.165, 1.54) is 5.56 Å². The lowest BCUT2D eigenvalue weighted by Crippen LogP contribution is -2.26. The van der Waals surface area contributed by atoms with Crippen molar-refractivity contribution in [3.05, 3.63) is 54.2 Å².